The highest BCUT2D eigenvalue weighted by Crippen LogP contribution is 2.37. The Morgan fingerprint density at radius 2 is 1.76 bits per heavy atom. The number of hydrogen-bond acceptors (Lipinski definition) is 5. The first-order valence-corrected chi connectivity index (χ1v) is 10.6. The van der Waals surface area contributed by atoms with E-state index in [2.05, 4.69) is 10.5 Å². The van der Waals surface area contributed by atoms with E-state index in [0.29, 0.717) is 23.6 Å². The van der Waals surface area contributed by atoms with Gasteiger partial charge in [0.1, 0.15) is 30.1 Å². The highest BCUT2D eigenvalue weighted by atomic mass is 19.1. The zero-order valence-electron chi connectivity index (χ0n) is 18.2. The Labute approximate surface area is 190 Å². The fourth-order valence-electron chi connectivity index (χ4n) is 3.96. The number of para-hydroxylation sites is 1. The topological polar surface area (TPSA) is 67.6 Å². The number of benzene rings is 3. The molecular weight excluding hydrogens is 421 g/mol. The molecule has 1 aromatic heterocycles. The summed E-state index contributed by atoms with van der Waals surface area (Å²) in [6.07, 6.45) is -0.463. The van der Waals surface area contributed by atoms with E-state index in [1.807, 2.05) is 56.3 Å². The molecule has 5 rings (SSSR count). The van der Waals surface area contributed by atoms with E-state index in [9.17, 15) is 9.18 Å². The molecule has 1 N–H and O–H groups in total. The van der Waals surface area contributed by atoms with Gasteiger partial charge in [0.2, 0.25) is 0 Å². The molecular formula is C26H22FN3O3. The quantitative estimate of drug-likeness (QED) is 0.423. The molecule has 166 valence electrons. The van der Waals surface area contributed by atoms with E-state index in [0.717, 1.165) is 28.3 Å². The molecule has 2 heterocycles. The average Bonchev–Trinajstić information content (AvgIpc) is 3.16. The molecule has 0 fully saturated rings. The predicted molar refractivity (Wildman–Crippen MR) is 123 cm³/mol. The van der Waals surface area contributed by atoms with Gasteiger partial charge < -0.3 is 14.6 Å². The second-order valence-electron chi connectivity index (χ2n) is 7.90. The van der Waals surface area contributed by atoms with Crippen LogP contribution in [-0.4, -0.2) is 11.1 Å². The van der Waals surface area contributed by atoms with Crippen LogP contribution in [0, 0.1) is 19.7 Å². The number of anilines is 2. The Morgan fingerprint density at radius 3 is 2.45 bits per heavy atom. The third-order valence-electron chi connectivity index (χ3n) is 5.79. The summed E-state index contributed by atoms with van der Waals surface area (Å²) in [5, 5.41) is 7.39. The molecule has 1 aliphatic heterocycles. The lowest BCUT2D eigenvalue weighted by Gasteiger charge is -2.38. The maximum atomic E-state index is 13.5. The van der Waals surface area contributed by atoms with E-state index in [1.54, 1.807) is 23.1 Å². The van der Waals surface area contributed by atoms with Gasteiger partial charge in [0.15, 0.2) is 0 Å². The smallest absolute Gasteiger partial charge is 0.262 e. The largest absolute Gasteiger partial charge is 0.489 e. The zero-order chi connectivity index (χ0) is 22.9. The molecule has 0 unspecified atom stereocenters. The van der Waals surface area contributed by atoms with Gasteiger partial charge >= 0.3 is 0 Å². The molecule has 0 saturated carbocycles. The molecule has 0 saturated heterocycles. The maximum Gasteiger partial charge on any atom is 0.262 e. The van der Waals surface area contributed by atoms with Crippen LogP contribution in [0.1, 0.15) is 39.1 Å². The number of halogens is 1. The first kappa shape index (κ1) is 20.8. The summed E-state index contributed by atoms with van der Waals surface area (Å²) in [5.41, 5.74) is 4.53. The summed E-state index contributed by atoms with van der Waals surface area (Å²) in [6, 6.07) is 20.8. The molecule has 0 spiro atoms. The van der Waals surface area contributed by atoms with Crippen molar-refractivity contribution in [2.45, 2.75) is 26.6 Å². The number of nitrogens with zero attached hydrogens (tertiary/aromatic N) is 2. The van der Waals surface area contributed by atoms with Crippen LogP contribution in [0.3, 0.4) is 0 Å². The molecule has 33 heavy (non-hydrogen) atoms. The van der Waals surface area contributed by atoms with Crippen LogP contribution < -0.4 is 15.0 Å². The third kappa shape index (κ3) is 3.93. The van der Waals surface area contributed by atoms with Crippen molar-refractivity contribution >= 4 is 17.3 Å². The molecule has 3 aromatic carbocycles. The second-order valence-corrected chi connectivity index (χ2v) is 7.90. The number of fused-ring (bicyclic) bond motifs is 1. The Morgan fingerprint density at radius 1 is 1.03 bits per heavy atom. The predicted octanol–water partition coefficient (Wildman–Crippen LogP) is 5.78. The van der Waals surface area contributed by atoms with Crippen LogP contribution in [0.5, 0.6) is 5.75 Å². The summed E-state index contributed by atoms with van der Waals surface area (Å²) >= 11 is 0. The van der Waals surface area contributed by atoms with Gasteiger partial charge in [-0.15, -0.1) is 0 Å². The van der Waals surface area contributed by atoms with Crippen LogP contribution in [0.15, 0.2) is 77.3 Å². The van der Waals surface area contributed by atoms with Gasteiger partial charge in [-0.3, -0.25) is 9.69 Å². The average molecular weight is 443 g/mol. The van der Waals surface area contributed by atoms with Gasteiger partial charge in [-0.05, 0) is 67.9 Å². The minimum Gasteiger partial charge on any atom is -0.489 e. The van der Waals surface area contributed by atoms with Crippen molar-refractivity contribution in [1.82, 2.24) is 5.16 Å². The standard InChI is InChI=1S/C26H22FN3O3/c1-16-23(17(2)33-29-16)15-32-21-13-7-18(8-14-21)25-28-24-6-4-3-5-22(24)26(31)30(25)20-11-9-19(27)10-12-20/h3-14,25,28H,15H2,1-2H3/t25-/m0/s1. The van der Waals surface area contributed by atoms with Crippen LogP contribution in [0.2, 0.25) is 0 Å². The first-order valence-electron chi connectivity index (χ1n) is 10.6. The van der Waals surface area contributed by atoms with Crippen LogP contribution in [0.25, 0.3) is 0 Å². The number of rotatable bonds is 5. The maximum absolute atomic E-state index is 13.5. The summed E-state index contributed by atoms with van der Waals surface area (Å²) in [7, 11) is 0. The molecule has 0 bridgehead atoms. The number of carbonyl (C=O) groups is 1. The van der Waals surface area contributed by atoms with E-state index < -0.39 is 6.17 Å². The van der Waals surface area contributed by atoms with Crippen molar-refractivity contribution in [1.29, 1.82) is 0 Å². The number of aromatic nitrogens is 1. The van der Waals surface area contributed by atoms with Crippen LogP contribution >= 0.6 is 0 Å². The molecule has 0 radical (unpaired) electrons. The number of ether oxygens (including phenoxy) is 1. The first-order chi connectivity index (χ1) is 16.0. The molecule has 7 heteroatoms. The molecule has 4 aromatic rings. The summed E-state index contributed by atoms with van der Waals surface area (Å²) in [5.74, 6) is 0.921. The molecule has 1 amide bonds. The Kier molecular flexibility index (Phi) is 5.30. The lowest BCUT2D eigenvalue weighted by atomic mass is 10.0. The SMILES string of the molecule is Cc1noc(C)c1COc1ccc([C@H]2Nc3ccccc3C(=O)N2c2ccc(F)cc2)cc1. The van der Waals surface area contributed by atoms with Gasteiger partial charge in [-0.2, -0.15) is 0 Å². The summed E-state index contributed by atoms with van der Waals surface area (Å²) in [6.45, 7) is 4.09. The van der Waals surface area contributed by atoms with E-state index in [4.69, 9.17) is 9.26 Å². The number of hydrogen-bond donors (Lipinski definition) is 1. The van der Waals surface area contributed by atoms with E-state index >= 15 is 0 Å². The second kappa shape index (κ2) is 8.43. The summed E-state index contributed by atoms with van der Waals surface area (Å²) in [4.78, 5) is 15.0. The highest BCUT2D eigenvalue weighted by molar-refractivity contribution is 6.12. The fourth-order valence-corrected chi connectivity index (χ4v) is 3.96. The van der Waals surface area contributed by atoms with Gasteiger partial charge in [0.25, 0.3) is 5.91 Å². The molecule has 1 atom stereocenters. The van der Waals surface area contributed by atoms with Gasteiger partial charge in [-0.1, -0.05) is 29.4 Å². The minimum absolute atomic E-state index is 0.153. The highest BCUT2D eigenvalue weighted by Gasteiger charge is 2.34. The van der Waals surface area contributed by atoms with E-state index in [-0.39, 0.29) is 11.7 Å². The van der Waals surface area contributed by atoms with Crippen molar-refractivity contribution in [3.05, 3.63) is 107 Å². The minimum atomic E-state index is -0.463. The van der Waals surface area contributed by atoms with Crippen LogP contribution in [0.4, 0.5) is 15.8 Å². The monoisotopic (exact) mass is 443 g/mol. The number of nitrogens with one attached hydrogen (secondary N) is 1. The summed E-state index contributed by atoms with van der Waals surface area (Å²) < 4.78 is 24.6. The third-order valence-corrected chi connectivity index (χ3v) is 5.79. The molecule has 6 nitrogen and oxygen atoms in total. The van der Waals surface area contributed by atoms with Crippen molar-refractivity contribution in [3.8, 4) is 5.75 Å². The molecule has 0 aliphatic carbocycles. The lowest BCUT2D eigenvalue weighted by molar-refractivity contribution is 0.0975. The Hall–Kier alpha value is -4.13. The van der Waals surface area contributed by atoms with Gasteiger partial charge in [-0.25, -0.2) is 4.39 Å². The van der Waals surface area contributed by atoms with Crippen molar-refractivity contribution in [2.75, 3.05) is 10.2 Å². The van der Waals surface area contributed by atoms with Crippen molar-refractivity contribution < 1.29 is 18.4 Å². The number of carbonyl (C=O) groups excluding carboxylic acids is 1. The van der Waals surface area contributed by atoms with Crippen molar-refractivity contribution in [2.24, 2.45) is 0 Å². The zero-order valence-corrected chi connectivity index (χ0v) is 18.2. The van der Waals surface area contributed by atoms with Crippen LogP contribution in [-0.2, 0) is 6.61 Å². The Balaban J connectivity index is 1.44. The van der Waals surface area contributed by atoms with Gasteiger partial charge in [0, 0.05) is 11.4 Å². The Bertz CT molecular complexity index is 1280. The van der Waals surface area contributed by atoms with Gasteiger partial charge in [0.05, 0.1) is 16.8 Å². The number of amides is 1. The van der Waals surface area contributed by atoms with E-state index in [1.165, 1.54) is 12.1 Å². The fraction of sp³-hybridized carbons (Fsp3) is 0.154. The normalized spacial score (nSPS) is 15.2. The number of aryl methyl sites for hydroxylation is 2. The lowest BCUT2D eigenvalue weighted by Crippen LogP contribution is -2.43. The van der Waals surface area contributed by atoms with Crippen molar-refractivity contribution in [3.63, 3.8) is 0 Å². The molecule has 1 aliphatic rings.